The Morgan fingerprint density at radius 1 is 0.844 bits per heavy atom. The molecule has 3 rings (SSSR count). The number of primary amides is 1. The van der Waals surface area contributed by atoms with Crippen LogP contribution in [0.2, 0.25) is 0 Å². The molecule has 20 nitrogen and oxygen atoms in total. The van der Waals surface area contributed by atoms with Crippen LogP contribution in [-0.4, -0.2) is 120 Å². The molecule has 2 aromatic carbocycles. The molecule has 64 heavy (non-hydrogen) atoms. The fourth-order valence-corrected chi connectivity index (χ4v) is 7.15. The van der Waals surface area contributed by atoms with Crippen molar-refractivity contribution in [3.8, 4) is 0 Å². The molecule has 8 amide bonds. The maximum absolute atomic E-state index is 14.5. The van der Waals surface area contributed by atoms with E-state index in [0.717, 1.165) is 10.5 Å². The van der Waals surface area contributed by atoms with Crippen LogP contribution in [0.15, 0.2) is 65.7 Å². The summed E-state index contributed by atoms with van der Waals surface area (Å²) in [6, 6.07) is 9.69. The lowest BCUT2D eigenvalue weighted by atomic mass is 9.96. The van der Waals surface area contributed by atoms with E-state index in [1.54, 1.807) is 37.3 Å². The van der Waals surface area contributed by atoms with E-state index in [1.165, 1.54) is 7.05 Å². The van der Waals surface area contributed by atoms with Crippen LogP contribution in [0.1, 0.15) is 82.8 Å². The molecule has 0 aromatic heterocycles. The quantitative estimate of drug-likeness (QED) is 0.0570. The highest BCUT2D eigenvalue weighted by atomic mass is 16.4. The number of nitrogens with one attached hydrogen (secondary N) is 6. The zero-order valence-corrected chi connectivity index (χ0v) is 36.8. The second-order valence-corrected chi connectivity index (χ2v) is 16.0. The van der Waals surface area contributed by atoms with Crippen molar-refractivity contribution in [1.29, 1.82) is 0 Å². The highest BCUT2D eigenvalue weighted by Gasteiger charge is 2.37. The Morgan fingerprint density at radius 3 is 2.09 bits per heavy atom. The summed E-state index contributed by atoms with van der Waals surface area (Å²) in [5, 5.41) is 25.8. The number of carboxylic acids is 1. The predicted molar refractivity (Wildman–Crippen MR) is 239 cm³/mol. The SMILES string of the molecule is CC[C@H](C)[C@H]1NC(=O)[C@H](NC(=O)N[C@@H](CCCN=C(N)N)C(=O)O)CCCCNC(=O)[C@H](Cc2ccccc2)NC(=O)[C@H](CC(N)=O)N(C)C(=O)[C@H](CCCc2ccccc2)NC1=O. The second kappa shape index (κ2) is 26.7. The van der Waals surface area contributed by atoms with Gasteiger partial charge in [-0.2, -0.15) is 0 Å². The van der Waals surface area contributed by atoms with E-state index in [9.17, 15) is 43.5 Å². The number of hydrogen-bond acceptors (Lipinski definition) is 9. The number of aliphatic imine (C=N–C) groups is 1. The number of carboxylic acid groups (broad SMARTS) is 1. The molecule has 0 bridgehead atoms. The van der Waals surface area contributed by atoms with E-state index >= 15 is 0 Å². The normalized spacial score (nSPS) is 21.5. The van der Waals surface area contributed by atoms with Gasteiger partial charge in [0.05, 0.1) is 6.42 Å². The number of benzene rings is 2. The molecule has 0 saturated carbocycles. The first-order chi connectivity index (χ1) is 30.5. The number of aryl methyl sites for hydroxylation is 1. The van der Waals surface area contributed by atoms with Crippen LogP contribution in [0, 0.1) is 5.92 Å². The van der Waals surface area contributed by atoms with Crippen molar-refractivity contribution in [1.82, 2.24) is 36.8 Å². The van der Waals surface area contributed by atoms with Crippen LogP contribution >= 0.6 is 0 Å². The van der Waals surface area contributed by atoms with Gasteiger partial charge in [0.1, 0.15) is 36.3 Å². The average molecular weight is 892 g/mol. The van der Waals surface area contributed by atoms with E-state index in [-0.39, 0.29) is 57.6 Å². The third-order valence-corrected chi connectivity index (χ3v) is 11.0. The number of likely N-dealkylation sites (N-methyl/N-ethyl adjacent to an activating group) is 1. The van der Waals surface area contributed by atoms with Gasteiger partial charge in [-0.3, -0.25) is 33.8 Å². The summed E-state index contributed by atoms with van der Waals surface area (Å²) in [7, 11) is 1.31. The maximum Gasteiger partial charge on any atom is 0.326 e. The van der Waals surface area contributed by atoms with Crippen LogP contribution in [0.25, 0.3) is 0 Å². The number of amides is 8. The Morgan fingerprint density at radius 2 is 1.48 bits per heavy atom. The molecule has 1 aliphatic rings. The summed E-state index contributed by atoms with van der Waals surface area (Å²) in [6.07, 6.45) is 1.69. The minimum atomic E-state index is -1.46. The summed E-state index contributed by atoms with van der Waals surface area (Å²) in [4.78, 5) is 113. The second-order valence-electron chi connectivity index (χ2n) is 16.0. The summed E-state index contributed by atoms with van der Waals surface area (Å²) in [5.41, 5.74) is 18.0. The van der Waals surface area contributed by atoms with Gasteiger partial charge < -0.3 is 59.1 Å². The minimum absolute atomic E-state index is 0.0105. The zero-order valence-electron chi connectivity index (χ0n) is 36.8. The Balaban J connectivity index is 2.02. The van der Waals surface area contributed by atoms with E-state index in [2.05, 4.69) is 36.9 Å². The fourth-order valence-electron chi connectivity index (χ4n) is 7.15. The molecular formula is C44H65N11O9. The summed E-state index contributed by atoms with van der Waals surface area (Å²) in [6.45, 7) is 3.75. The molecule has 1 fully saturated rings. The van der Waals surface area contributed by atoms with E-state index in [4.69, 9.17) is 17.2 Å². The number of carbonyl (C=O) groups is 8. The molecule has 1 heterocycles. The molecule has 0 spiro atoms. The van der Waals surface area contributed by atoms with Gasteiger partial charge in [-0.1, -0.05) is 80.9 Å². The molecule has 13 N–H and O–H groups in total. The fraction of sp³-hybridized carbons (Fsp3) is 0.523. The Bertz CT molecular complexity index is 1910. The summed E-state index contributed by atoms with van der Waals surface area (Å²) in [5.74, 6) is -6.42. The summed E-state index contributed by atoms with van der Waals surface area (Å²) < 4.78 is 0. The lowest BCUT2D eigenvalue weighted by Crippen LogP contribution is -2.61. The number of guanidine groups is 1. The molecular weight excluding hydrogens is 827 g/mol. The van der Waals surface area contributed by atoms with Gasteiger partial charge in [0, 0.05) is 26.6 Å². The monoisotopic (exact) mass is 891 g/mol. The molecule has 0 aliphatic carbocycles. The molecule has 0 unspecified atom stereocenters. The van der Waals surface area contributed by atoms with Gasteiger partial charge in [0.25, 0.3) is 0 Å². The lowest BCUT2D eigenvalue weighted by Gasteiger charge is -2.33. The van der Waals surface area contributed by atoms with Crippen LogP contribution in [0.5, 0.6) is 0 Å². The van der Waals surface area contributed by atoms with E-state index in [1.807, 2.05) is 37.3 Å². The van der Waals surface area contributed by atoms with Crippen molar-refractivity contribution in [3.63, 3.8) is 0 Å². The van der Waals surface area contributed by atoms with Crippen molar-refractivity contribution in [3.05, 3.63) is 71.8 Å². The van der Waals surface area contributed by atoms with Crippen LogP contribution in [0.3, 0.4) is 0 Å². The number of urea groups is 1. The van der Waals surface area contributed by atoms with Gasteiger partial charge >= 0.3 is 12.0 Å². The number of aliphatic carboxylic acids is 1. The molecule has 1 saturated heterocycles. The standard InChI is InChI=1S/C44H65N11O9/c1-4-27(2)36-40(60)50-31(21-13-19-28-15-7-5-8-16-28)41(61)55(3)34(26-35(45)56)39(59)51-33(25-29-17-9-6-10-18-29)37(57)48-23-12-11-20-30(38(58)54-36)52-44(64)53-32(42(62)63)22-14-24-49-43(46)47/h5-10,15-18,27,30-34,36H,4,11-14,19-26H2,1-3H3,(H2,45,56)(H,48,57)(H,50,60)(H,51,59)(H,54,58)(H,62,63)(H4,46,47,49)(H2,52,53,64)/t27-,30+,31-,32-,33-,34-,36+/m0/s1. The Labute approximate surface area is 373 Å². The molecule has 7 atom stereocenters. The van der Waals surface area contributed by atoms with Crippen molar-refractivity contribution in [2.24, 2.45) is 28.1 Å². The summed E-state index contributed by atoms with van der Waals surface area (Å²) >= 11 is 0. The predicted octanol–water partition coefficient (Wildman–Crippen LogP) is -0.0704. The van der Waals surface area contributed by atoms with Crippen LogP contribution in [0.4, 0.5) is 4.79 Å². The first-order valence-electron chi connectivity index (χ1n) is 21.7. The zero-order chi connectivity index (χ0) is 47.2. The van der Waals surface area contributed by atoms with Gasteiger partial charge in [-0.15, -0.1) is 0 Å². The minimum Gasteiger partial charge on any atom is -0.480 e. The lowest BCUT2D eigenvalue weighted by molar-refractivity contribution is -0.144. The highest BCUT2D eigenvalue weighted by molar-refractivity contribution is 5.98. The molecule has 0 radical (unpaired) electrons. The smallest absolute Gasteiger partial charge is 0.326 e. The number of carbonyl (C=O) groups excluding carboxylic acids is 7. The molecule has 2 aromatic rings. The van der Waals surface area contributed by atoms with Gasteiger partial charge in [0.15, 0.2) is 5.96 Å². The van der Waals surface area contributed by atoms with Crippen molar-refractivity contribution in [2.75, 3.05) is 20.1 Å². The number of nitrogens with zero attached hydrogens (tertiary/aromatic N) is 2. The maximum atomic E-state index is 14.5. The number of rotatable bonds is 17. The highest BCUT2D eigenvalue weighted by Crippen LogP contribution is 2.16. The molecule has 1 aliphatic heterocycles. The van der Waals surface area contributed by atoms with Gasteiger partial charge in [-0.05, 0) is 68.4 Å². The van der Waals surface area contributed by atoms with E-state index in [0.29, 0.717) is 31.2 Å². The van der Waals surface area contributed by atoms with E-state index < -0.39 is 96.0 Å². The third-order valence-electron chi connectivity index (χ3n) is 11.0. The average Bonchev–Trinajstić information content (AvgIpc) is 3.26. The Kier molecular flexibility index (Phi) is 21.5. The Hall–Kier alpha value is -6.73. The first-order valence-corrected chi connectivity index (χ1v) is 21.7. The van der Waals surface area contributed by atoms with Crippen LogP contribution in [-0.2, 0) is 46.4 Å². The molecule has 20 heteroatoms. The van der Waals surface area contributed by atoms with Crippen molar-refractivity contribution >= 4 is 53.4 Å². The van der Waals surface area contributed by atoms with Crippen molar-refractivity contribution in [2.45, 2.75) is 121 Å². The molecule has 350 valence electrons. The van der Waals surface area contributed by atoms with Crippen LogP contribution < -0.4 is 49.1 Å². The van der Waals surface area contributed by atoms with Gasteiger partial charge in [0.2, 0.25) is 35.4 Å². The van der Waals surface area contributed by atoms with Crippen molar-refractivity contribution < 1.29 is 43.5 Å². The number of hydrogen-bond donors (Lipinski definition) is 10. The largest absolute Gasteiger partial charge is 0.480 e. The third kappa shape index (κ3) is 17.6. The number of nitrogens with two attached hydrogens (primary N) is 3. The van der Waals surface area contributed by atoms with Gasteiger partial charge in [-0.25, -0.2) is 9.59 Å². The first kappa shape index (κ1) is 51.6. The topological polar surface area (TPSA) is 323 Å².